The molecule has 1 nitrogen and oxygen atoms in total. The van der Waals surface area contributed by atoms with E-state index in [9.17, 15) is 0 Å². The normalized spacial score (nSPS) is 40.8. The van der Waals surface area contributed by atoms with Crippen molar-refractivity contribution in [3.05, 3.63) is 0 Å². The molecule has 1 saturated carbocycles. The van der Waals surface area contributed by atoms with Gasteiger partial charge in [-0.1, -0.05) is 26.7 Å². The molecule has 1 saturated heterocycles. The van der Waals surface area contributed by atoms with Gasteiger partial charge in [0.2, 0.25) is 0 Å². The Kier molecular flexibility index (Phi) is 2.16. The van der Waals surface area contributed by atoms with Crippen LogP contribution in [0.15, 0.2) is 0 Å². The first-order valence-electron chi connectivity index (χ1n) is 5.34. The first kappa shape index (κ1) is 8.55. The van der Waals surface area contributed by atoms with E-state index in [4.69, 9.17) is 4.74 Å². The molecule has 1 heterocycles. The molecule has 2 atom stereocenters. The van der Waals surface area contributed by atoms with E-state index in [1.54, 1.807) is 0 Å². The molecule has 1 heteroatoms. The van der Waals surface area contributed by atoms with E-state index in [0.717, 1.165) is 18.4 Å². The van der Waals surface area contributed by atoms with Crippen LogP contribution in [0.3, 0.4) is 0 Å². The Morgan fingerprint density at radius 3 is 2.83 bits per heavy atom. The minimum atomic E-state index is 0.387. The molecule has 0 radical (unpaired) electrons. The summed E-state index contributed by atoms with van der Waals surface area (Å²) in [5.74, 6) is 1.82. The van der Waals surface area contributed by atoms with Crippen LogP contribution >= 0.6 is 0 Å². The summed E-state index contributed by atoms with van der Waals surface area (Å²) in [5, 5.41) is 0. The number of rotatable bonds is 2. The van der Waals surface area contributed by atoms with Gasteiger partial charge in [0.05, 0.1) is 12.2 Å². The minimum Gasteiger partial charge on any atom is -0.370 e. The van der Waals surface area contributed by atoms with Crippen molar-refractivity contribution in [2.45, 2.75) is 51.6 Å². The van der Waals surface area contributed by atoms with Gasteiger partial charge >= 0.3 is 0 Å². The molecule has 0 aromatic heterocycles. The standard InChI is InChI=1S/C11H20O/c1-9(2)6-10-4-3-5-11(7-10)8-12-11/h9-10H,3-8H2,1-2H3. The monoisotopic (exact) mass is 168 g/mol. The summed E-state index contributed by atoms with van der Waals surface area (Å²) in [4.78, 5) is 0. The van der Waals surface area contributed by atoms with Gasteiger partial charge in [-0.25, -0.2) is 0 Å². The van der Waals surface area contributed by atoms with Gasteiger partial charge in [-0.2, -0.15) is 0 Å². The van der Waals surface area contributed by atoms with Gasteiger partial charge in [-0.15, -0.1) is 0 Å². The largest absolute Gasteiger partial charge is 0.370 e. The molecule has 0 amide bonds. The topological polar surface area (TPSA) is 12.5 Å². The van der Waals surface area contributed by atoms with Crippen LogP contribution in [0.5, 0.6) is 0 Å². The Hall–Kier alpha value is -0.0400. The molecule has 0 aromatic rings. The summed E-state index contributed by atoms with van der Waals surface area (Å²) in [6.07, 6.45) is 6.94. The predicted octanol–water partition coefficient (Wildman–Crippen LogP) is 2.99. The lowest BCUT2D eigenvalue weighted by atomic mass is 9.78. The van der Waals surface area contributed by atoms with Gasteiger partial charge in [-0.05, 0) is 31.1 Å². The zero-order valence-electron chi connectivity index (χ0n) is 8.31. The van der Waals surface area contributed by atoms with Crippen molar-refractivity contribution < 1.29 is 4.74 Å². The molecule has 0 N–H and O–H groups in total. The molecule has 1 aliphatic carbocycles. The van der Waals surface area contributed by atoms with Crippen molar-refractivity contribution in [2.24, 2.45) is 11.8 Å². The van der Waals surface area contributed by atoms with E-state index >= 15 is 0 Å². The third-order valence-corrected chi connectivity index (χ3v) is 3.26. The molecule has 0 aromatic carbocycles. The Bertz CT molecular complexity index is 158. The smallest absolute Gasteiger partial charge is 0.0919 e. The number of hydrogen-bond acceptors (Lipinski definition) is 1. The third kappa shape index (κ3) is 1.82. The fourth-order valence-corrected chi connectivity index (χ4v) is 2.68. The van der Waals surface area contributed by atoms with Crippen LogP contribution in [0.2, 0.25) is 0 Å². The molecule has 2 rings (SSSR count). The predicted molar refractivity (Wildman–Crippen MR) is 50.1 cm³/mol. The molecule has 2 unspecified atom stereocenters. The summed E-state index contributed by atoms with van der Waals surface area (Å²) in [5.41, 5.74) is 0.387. The highest BCUT2D eigenvalue weighted by Gasteiger charge is 2.47. The zero-order valence-corrected chi connectivity index (χ0v) is 8.31. The Morgan fingerprint density at radius 2 is 2.25 bits per heavy atom. The van der Waals surface area contributed by atoms with E-state index in [-0.39, 0.29) is 0 Å². The lowest BCUT2D eigenvalue weighted by Crippen LogP contribution is -2.23. The van der Waals surface area contributed by atoms with Crippen molar-refractivity contribution in [3.8, 4) is 0 Å². The van der Waals surface area contributed by atoms with Crippen molar-refractivity contribution in [1.82, 2.24) is 0 Å². The Morgan fingerprint density at radius 1 is 1.50 bits per heavy atom. The molecule has 1 spiro atoms. The second kappa shape index (κ2) is 3.02. The lowest BCUT2D eigenvalue weighted by Gasteiger charge is -2.27. The molecule has 2 fully saturated rings. The molecule has 0 bridgehead atoms. The second-order valence-corrected chi connectivity index (χ2v) is 5.06. The quantitative estimate of drug-likeness (QED) is 0.577. The van der Waals surface area contributed by atoms with E-state index in [1.807, 2.05) is 0 Å². The highest BCUT2D eigenvalue weighted by molar-refractivity contribution is 4.96. The van der Waals surface area contributed by atoms with Crippen LogP contribution in [-0.2, 0) is 4.74 Å². The van der Waals surface area contributed by atoms with Gasteiger partial charge < -0.3 is 4.74 Å². The third-order valence-electron chi connectivity index (χ3n) is 3.26. The molecule has 12 heavy (non-hydrogen) atoms. The summed E-state index contributed by atoms with van der Waals surface area (Å²) < 4.78 is 5.55. The van der Waals surface area contributed by atoms with Gasteiger partial charge in [0, 0.05) is 0 Å². The molecule has 1 aliphatic heterocycles. The summed E-state index contributed by atoms with van der Waals surface area (Å²) in [6, 6.07) is 0. The number of hydrogen-bond donors (Lipinski definition) is 0. The van der Waals surface area contributed by atoms with Gasteiger partial charge in [-0.3, -0.25) is 0 Å². The number of ether oxygens (including phenoxy) is 1. The molecular weight excluding hydrogens is 148 g/mol. The molecule has 70 valence electrons. The maximum absolute atomic E-state index is 5.55. The second-order valence-electron chi connectivity index (χ2n) is 5.06. The average molecular weight is 168 g/mol. The van der Waals surface area contributed by atoms with E-state index in [1.165, 1.54) is 32.1 Å². The Labute approximate surface area is 75.5 Å². The zero-order chi connectivity index (χ0) is 8.60. The highest BCUT2D eigenvalue weighted by Crippen LogP contribution is 2.45. The van der Waals surface area contributed by atoms with E-state index < -0.39 is 0 Å². The van der Waals surface area contributed by atoms with Crippen LogP contribution in [-0.4, -0.2) is 12.2 Å². The van der Waals surface area contributed by atoms with Crippen LogP contribution in [0.4, 0.5) is 0 Å². The van der Waals surface area contributed by atoms with E-state index in [2.05, 4.69) is 13.8 Å². The first-order valence-corrected chi connectivity index (χ1v) is 5.34. The van der Waals surface area contributed by atoms with Crippen LogP contribution in [0, 0.1) is 11.8 Å². The fraction of sp³-hybridized carbons (Fsp3) is 1.00. The Balaban J connectivity index is 1.83. The lowest BCUT2D eigenvalue weighted by molar-refractivity contribution is 0.175. The fourth-order valence-electron chi connectivity index (χ4n) is 2.68. The summed E-state index contributed by atoms with van der Waals surface area (Å²) in [6.45, 7) is 5.71. The summed E-state index contributed by atoms with van der Waals surface area (Å²) in [7, 11) is 0. The maximum Gasteiger partial charge on any atom is 0.0919 e. The van der Waals surface area contributed by atoms with Crippen molar-refractivity contribution >= 4 is 0 Å². The van der Waals surface area contributed by atoms with Gasteiger partial charge in [0.15, 0.2) is 0 Å². The molecule has 2 aliphatic rings. The van der Waals surface area contributed by atoms with Gasteiger partial charge in [0.1, 0.15) is 0 Å². The van der Waals surface area contributed by atoms with Gasteiger partial charge in [0.25, 0.3) is 0 Å². The molecular formula is C11H20O. The highest BCUT2D eigenvalue weighted by atomic mass is 16.6. The van der Waals surface area contributed by atoms with Crippen molar-refractivity contribution in [2.75, 3.05) is 6.61 Å². The van der Waals surface area contributed by atoms with Crippen molar-refractivity contribution in [3.63, 3.8) is 0 Å². The minimum absolute atomic E-state index is 0.387. The van der Waals surface area contributed by atoms with Crippen LogP contribution in [0.25, 0.3) is 0 Å². The first-order chi connectivity index (χ1) is 5.70. The SMILES string of the molecule is CC(C)CC1CCCC2(CO2)C1. The van der Waals surface area contributed by atoms with Crippen LogP contribution in [0.1, 0.15) is 46.0 Å². The number of epoxide rings is 1. The van der Waals surface area contributed by atoms with Crippen LogP contribution < -0.4 is 0 Å². The average Bonchev–Trinajstić information content (AvgIpc) is 2.68. The maximum atomic E-state index is 5.55. The summed E-state index contributed by atoms with van der Waals surface area (Å²) >= 11 is 0. The van der Waals surface area contributed by atoms with Crippen molar-refractivity contribution in [1.29, 1.82) is 0 Å². The van der Waals surface area contributed by atoms with E-state index in [0.29, 0.717) is 5.60 Å².